The van der Waals surface area contributed by atoms with Crippen molar-refractivity contribution in [3.63, 3.8) is 0 Å². The van der Waals surface area contributed by atoms with Gasteiger partial charge in [0.25, 0.3) is 0 Å². The molecule has 0 aromatic heterocycles. The molecule has 0 aliphatic rings. The van der Waals surface area contributed by atoms with E-state index >= 15 is 0 Å². The third-order valence-corrected chi connectivity index (χ3v) is 2.74. The summed E-state index contributed by atoms with van der Waals surface area (Å²) in [7, 11) is 0. The maximum atomic E-state index is 11.8. The van der Waals surface area contributed by atoms with Gasteiger partial charge in [-0.3, -0.25) is 4.79 Å². The molecule has 0 aliphatic carbocycles. The molecule has 0 radical (unpaired) electrons. The second-order valence-corrected chi connectivity index (χ2v) is 3.78. The highest BCUT2D eigenvalue weighted by atomic mass is 16.1. The highest BCUT2D eigenvalue weighted by Crippen LogP contribution is 2.21. The van der Waals surface area contributed by atoms with Gasteiger partial charge in [0.2, 0.25) is 0 Å². The van der Waals surface area contributed by atoms with Crippen LogP contribution in [0.15, 0.2) is 24.3 Å². The van der Waals surface area contributed by atoms with E-state index in [1.807, 2.05) is 38.1 Å². The summed E-state index contributed by atoms with van der Waals surface area (Å²) in [5.41, 5.74) is 1.70. The predicted octanol–water partition coefficient (Wildman–Crippen LogP) is 3.02. The van der Waals surface area contributed by atoms with Gasteiger partial charge < -0.3 is 4.90 Å². The van der Waals surface area contributed by atoms with Gasteiger partial charge in [0.15, 0.2) is 5.78 Å². The normalized spacial score (nSPS) is 9.71. The molecule has 1 aromatic rings. The molecule has 0 N–H and O–H groups in total. The van der Waals surface area contributed by atoms with E-state index in [4.69, 9.17) is 5.26 Å². The Morgan fingerprint density at radius 2 is 2.06 bits per heavy atom. The smallest absolute Gasteiger partial charge is 0.164 e. The van der Waals surface area contributed by atoms with Crippen LogP contribution in [0.4, 0.5) is 5.69 Å². The zero-order chi connectivity index (χ0) is 12.7. The summed E-state index contributed by atoms with van der Waals surface area (Å²) in [6.07, 6.45) is 0.981. The Morgan fingerprint density at radius 3 is 2.65 bits per heavy atom. The van der Waals surface area contributed by atoms with Crippen LogP contribution >= 0.6 is 0 Å². The fourth-order valence-electron chi connectivity index (χ4n) is 1.81. The van der Waals surface area contributed by atoms with Gasteiger partial charge in [-0.05, 0) is 19.1 Å². The number of rotatable bonds is 6. The van der Waals surface area contributed by atoms with Gasteiger partial charge in [0.05, 0.1) is 12.5 Å². The van der Waals surface area contributed by atoms with Crippen LogP contribution in [0.5, 0.6) is 0 Å². The van der Waals surface area contributed by atoms with E-state index in [0.717, 1.165) is 17.8 Å². The predicted molar refractivity (Wildman–Crippen MR) is 69.2 cm³/mol. The molecule has 0 bridgehead atoms. The number of Topliss-reactive ketones (excluding diaryl/α,β-unsaturated/α-hetero) is 1. The van der Waals surface area contributed by atoms with Crippen molar-refractivity contribution in [2.24, 2.45) is 0 Å². The summed E-state index contributed by atoms with van der Waals surface area (Å²) < 4.78 is 0. The SMILES string of the molecule is CCC(=O)c1ccccc1N(CC)CCC#N. The molecule has 90 valence electrons. The van der Waals surface area contributed by atoms with E-state index in [9.17, 15) is 4.79 Å². The summed E-state index contributed by atoms with van der Waals surface area (Å²) in [5.74, 6) is 0.149. The summed E-state index contributed by atoms with van der Waals surface area (Å²) in [6.45, 7) is 5.37. The minimum atomic E-state index is 0.149. The number of benzene rings is 1. The summed E-state index contributed by atoms with van der Waals surface area (Å²) in [5, 5.41) is 8.64. The van der Waals surface area contributed by atoms with Gasteiger partial charge in [-0.25, -0.2) is 0 Å². The lowest BCUT2D eigenvalue weighted by Crippen LogP contribution is -2.25. The number of carbonyl (C=O) groups is 1. The summed E-state index contributed by atoms with van der Waals surface area (Å²) >= 11 is 0. The van der Waals surface area contributed by atoms with Gasteiger partial charge >= 0.3 is 0 Å². The van der Waals surface area contributed by atoms with Gasteiger partial charge in [-0.15, -0.1) is 0 Å². The van der Waals surface area contributed by atoms with E-state index in [2.05, 4.69) is 11.0 Å². The van der Waals surface area contributed by atoms with E-state index in [1.165, 1.54) is 0 Å². The molecule has 0 spiro atoms. The molecule has 3 heteroatoms. The molecule has 0 saturated heterocycles. The first-order valence-corrected chi connectivity index (χ1v) is 5.98. The zero-order valence-corrected chi connectivity index (χ0v) is 10.4. The second kappa shape index (κ2) is 6.70. The van der Waals surface area contributed by atoms with Crippen molar-refractivity contribution in [1.29, 1.82) is 5.26 Å². The Morgan fingerprint density at radius 1 is 1.35 bits per heavy atom. The van der Waals surface area contributed by atoms with Crippen LogP contribution in [-0.4, -0.2) is 18.9 Å². The molecule has 0 fully saturated rings. The number of hydrogen-bond donors (Lipinski definition) is 0. The maximum Gasteiger partial charge on any atom is 0.164 e. The van der Waals surface area contributed by atoms with Crippen LogP contribution < -0.4 is 4.90 Å². The van der Waals surface area contributed by atoms with Crippen LogP contribution in [-0.2, 0) is 0 Å². The number of para-hydroxylation sites is 1. The minimum Gasteiger partial charge on any atom is -0.370 e. The lowest BCUT2D eigenvalue weighted by atomic mass is 10.1. The minimum absolute atomic E-state index is 0.149. The number of nitriles is 1. The molecule has 0 atom stereocenters. The average Bonchev–Trinajstić information content (AvgIpc) is 2.39. The maximum absolute atomic E-state index is 11.8. The lowest BCUT2D eigenvalue weighted by Gasteiger charge is -2.24. The van der Waals surface area contributed by atoms with Crippen molar-refractivity contribution in [3.8, 4) is 6.07 Å². The Bertz CT molecular complexity index is 420. The van der Waals surface area contributed by atoms with Crippen LogP contribution in [0.2, 0.25) is 0 Å². The first-order valence-electron chi connectivity index (χ1n) is 5.98. The monoisotopic (exact) mass is 230 g/mol. The fraction of sp³-hybridized carbons (Fsp3) is 0.429. The van der Waals surface area contributed by atoms with Crippen LogP contribution in [0, 0.1) is 11.3 Å². The number of anilines is 1. The molecule has 0 amide bonds. The Balaban J connectivity index is 3.02. The summed E-state index contributed by atoms with van der Waals surface area (Å²) in [4.78, 5) is 13.9. The van der Waals surface area contributed by atoms with Gasteiger partial charge in [-0.1, -0.05) is 19.1 Å². The number of ketones is 1. The van der Waals surface area contributed by atoms with Crippen molar-refractivity contribution in [2.75, 3.05) is 18.0 Å². The molecule has 0 heterocycles. The molecular formula is C14H18N2O. The quantitative estimate of drug-likeness (QED) is 0.705. The largest absolute Gasteiger partial charge is 0.370 e. The molecule has 17 heavy (non-hydrogen) atoms. The van der Waals surface area contributed by atoms with Crippen molar-refractivity contribution < 1.29 is 4.79 Å². The lowest BCUT2D eigenvalue weighted by molar-refractivity contribution is 0.0988. The first kappa shape index (κ1) is 13.2. The van der Waals surface area contributed by atoms with Gasteiger partial charge in [-0.2, -0.15) is 5.26 Å². The molecule has 0 aliphatic heterocycles. The van der Waals surface area contributed by atoms with Crippen LogP contribution in [0.25, 0.3) is 0 Å². The van der Waals surface area contributed by atoms with Crippen molar-refractivity contribution in [2.45, 2.75) is 26.7 Å². The van der Waals surface area contributed by atoms with Crippen LogP contribution in [0.3, 0.4) is 0 Å². The van der Waals surface area contributed by atoms with E-state index in [0.29, 0.717) is 19.4 Å². The molecule has 0 unspecified atom stereocenters. The van der Waals surface area contributed by atoms with E-state index in [1.54, 1.807) is 0 Å². The second-order valence-electron chi connectivity index (χ2n) is 3.78. The molecule has 0 saturated carbocycles. The summed E-state index contributed by atoms with van der Waals surface area (Å²) in [6, 6.07) is 9.75. The molecule has 3 nitrogen and oxygen atoms in total. The Labute approximate surface area is 103 Å². The molecule has 1 rings (SSSR count). The highest BCUT2D eigenvalue weighted by Gasteiger charge is 2.13. The zero-order valence-electron chi connectivity index (χ0n) is 10.4. The van der Waals surface area contributed by atoms with E-state index < -0.39 is 0 Å². The van der Waals surface area contributed by atoms with Crippen LogP contribution in [0.1, 0.15) is 37.0 Å². The van der Waals surface area contributed by atoms with Gasteiger partial charge in [0, 0.05) is 30.8 Å². The first-order chi connectivity index (χ1) is 8.24. The number of carbonyl (C=O) groups excluding carboxylic acids is 1. The third-order valence-electron chi connectivity index (χ3n) is 2.74. The average molecular weight is 230 g/mol. The van der Waals surface area contributed by atoms with Crippen molar-refractivity contribution in [3.05, 3.63) is 29.8 Å². The van der Waals surface area contributed by atoms with Crippen molar-refractivity contribution >= 4 is 11.5 Å². The van der Waals surface area contributed by atoms with E-state index in [-0.39, 0.29) is 5.78 Å². The Hall–Kier alpha value is -1.82. The van der Waals surface area contributed by atoms with Crippen molar-refractivity contribution in [1.82, 2.24) is 0 Å². The topological polar surface area (TPSA) is 44.1 Å². The number of nitrogens with zero attached hydrogens (tertiary/aromatic N) is 2. The third kappa shape index (κ3) is 3.32. The highest BCUT2D eigenvalue weighted by molar-refractivity contribution is 6.01. The Kier molecular flexibility index (Phi) is 5.22. The molecule has 1 aromatic carbocycles. The fourth-order valence-corrected chi connectivity index (χ4v) is 1.81. The standard InChI is InChI=1S/C14H18N2O/c1-3-14(17)12-8-5-6-9-13(12)16(4-2)11-7-10-15/h5-6,8-9H,3-4,7,11H2,1-2H3. The van der Waals surface area contributed by atoms with Gasteiger partial charge in [0.1, 0.15) is 0 Å². The molecular weight excluding hydrogens is 212 g/mol. The number of hydrogen-bond acceptors (Lipinski definition) is 3.